The molecule has 0 saturated carbocycles. The maximum Gasteiger partial charge on any atom is 0.282 e. The minimum atomic E-state index is -0.599. The predicted molar refractivity (Wildman–Crippen MR) is 127 cm³/mol. The first-order valence-corrected chi connectivity index (χ1v) is 10.7. The lowest BCUT2D eigenvalue weighted by molar-refractivity contribution is -0.385. The molecule has 1 heterocycles. The Bertz CT molecular complexity index is 1240. The summed E-state index contributed by atoms with van der Waals surface area (Å²) in [4.78, 5) is 29.0. The summed E-state index contributed by atoms with van der Waals surface area (Å²) in [6.45, 7) is 0. The number of nitro benzene ring substituents is 1. The summed E-state index contributed by atoms with van der Waals surface area (Å²) in [7, 11) is 3.19. The van der Waals surface area contributed by atoms with E-state index < -0.39 is 10.8 Å². The van der Waals surface area contributed by atoms with Crippen LogP contribution in [0.4, 0.5) is 10.8 Å². The standard InChI is InChI=1S/C24H19N3O5S/c1-31-17-11-7-15(8-12-17)21-22(16-9-13-18(32-2)14-10-16)33-24(25-21)26-23(28)19-5-3-4-6-20(19)27(29)30/h3-14H,1-2H3,(H,25,26,28). The molecule has 8 nitrogen and oxygen atoms in total. The minimum absolute atomic E-state index is 0.0327. The first-order chi connectivity index (χ1) is 16.0. The molecule has 33 heavy (non-hydrogen) atoms. The van der Waals surface area contributed by atoms with Crippen LogP contribution in [0.2, 0.25) is 0 Å². The summed E-state index contributed by atoms with van der Waals surface area (Å²) in [5.74, 6) is 0.836. The van der Waals surface area contributed by atoms with Crippen LogP contribution in [0.1, 0.15) is 10.4 Å². The van der Waals surface area contributed by atoms with Crippen LogP contribution in [0, 0.1) is 10.1 Å². The third kappa shape index (κ3) is 4.68. The van der Waals surface area contributed by atoms with Crippen LogP contribution >= 0.6 is 11.3 Å². The molecule has 1 amide bonds. The summed E-state index contributed by atoms with van der Waals surface area (Å²) in [5, 5.41) is 14.3. The van der Waals surface area contributed by atoms with E-state index in [0.29, 0.717) is 16.6 Å². The number of para-hydroxylation sites is 1. The fourth-order valence-corrected chi connectivity index (χ4v) is 4.23. The lowest BCUT2D eigenvalue weighted by Crippen LogP contribution is -2.13. The number of carbonyl (C=O) groups excluding carboxylic acids is 1. The molecule has 0 unspecified atom stereocenters. The van der Waals surface area contributed by atoms with E-state index >= 15 is 0 Å². The van der Waals surface area contributed by atoms with Crippen molar-refractivity contribution in [3.05, 3.63) is 88.5 Å². The summed E-state index contributed by atoms with van der Waals surface area (Å²) in [6.07, 6.45) is 0. The van der Waals surface area contributed by atoms with Crippen LogP contribution in [0.3, 0.4) is 0 Å². The molecule has 4 rings (SSSR count). The van der Waals surface area contributed by atoms with E-state index in [9.17, 15) is 14.9 Å². The highest BCUT2D eigenvalue weighted by Crippen LogP contribution is 2.40. The fourth-order valence-electron chi connectivity index (χ4n) is 3.25. The van der Waals surface area contributed by atoms with Crippen molar-refractivity contribution >= 4 is 28.1 Å². The molecule has 4 aromatic rings. The first-order valence-electron chi connectivity index (χ1n) is 9.84. The Balaban J connectivity index is 1.74. The van der Waals surface area contributed by atoms with E-state index in [1.807, 2.05) is 48.5 Å². The number of benzene rings is 3. The van der Waals surface area contributed by atoms with E-state index in [0.717, 1.165) is 21.8 Å². The summed E-state index contributed by atoms with van der Waals surface area (Å²) in [6, 6.07) is 20.7. The van der Waals surface area contributed by atoms with Crippen molar-refractivity contribution in [1.82, 2.24) is 4.98 Å². The van der Waals surface area contributed by atoms with Gasteiger partial charge < -0.3 is 9.47 Å². The smallest absolute Gasteiger partial charge is 0.282 e. The quantitative estimate of drug-likeness (QED) is 0.282. The topological polar surface area (TPSA) is 104 Å². The average Bonchev–Trinajstić information content (AvgIpc) is 3.27. The van der Waals surface area contributed by atoms with Gasteiger partial charge in [-0.15, -0.1) is 0 Å². The lowest BCUT2D eigenvalue weighted by atomic mass is 10.1. The summed E-state index contributed by atoms with van der Waals surface area (Å²) in [5.41, 5.74) is 2.10. The predicted octanol–water partition coefficient (Wildman–Crippen LogP) is 5.65. The number of methoxy groups -OCH3 is 2. The van der Waals surface area contributed by atoms with Gasteiger partial charge in [0.2, 0.25) is 0 Å². The van der Waals surface area contributed by atoms with E-state index in [2.05, 4.69) is 10.3 Å². The van der Waals surface area contributed by atoms with Crippen LogP contribution in [0.25, 0.3) is 21.7 Å². The molecule has 166 valence electrons. The molecule has 0 aliphatic rings. The van der Waals surface area contributed by atoms with Gasteiger partial charge in [-0.2, -0.15) is 0 Å². The molecule has 9 heteroatoms. The Labute approximate surface area is 193 Å². The second kappa shape index (κ2) is 9.49. The van der Waals surface area contributed by atoms with Crippen LogP contribution in [-0.2, 0) is 0 Å². The minimum Gasteiger partial charge on any atom is -0.497 e. The lowest BCUT2D eigenvalue weighted by Gasteiger charge is -2.05. The molecule has 0 aliphatic carbocycles. The van der Waals surface area contributed by atoms with E-state index in [-0.39, 0.29) is 11.3 Å². The summed E-state index contributed by atoms with van der Waals surface area (Å²) >= 11 is 1.28. The van der Waals surface area contributed by atoms with Gasteiger partial charge >= 0.3 is 0 Å². The number of carbonyl (C=O) groups is 1. The van der Waals surface area contributed by atoms with Crippen molar-refractivity contribution in [2.75, 3.05) is 19.5 Å². The van der Waals surface area contributed by atoms with Gasteiger partial charge in [0.1, 0.15) is 17.1 Å². The number of amides is 1. The molecular formula is C24H19N3O5S. The molecule has 1 N–H and O–H groups in total. The van der Waals surface area contributed by atoms with Gasteiger partial charge in [-0.05, 0) is 60.2 Å². The molecule has 0 radical (unpaired) electrons. The van der Waals surface area contributed by atoms with Gasteiger partial charge in [0.05, 0.1) is 29.7 Å². The molecule has 3 aromatic carbocycles. The van der Waals surface area contributed by atoms with Crippen LogP contribution in [0.5, 0.6) is 11.5 Å². The van der Waals surface area contributed by atoms with Gasteiger partial charge in [0.15, 0.2) is 5.13 Å². The highest BCUT2D eigenvalue weighted by molar-refractivity contribution is 7.19. The van der Waals surface area contributed by atoms with Crippen molar-refractivity contribution < 1.29 is 19.2 Å². The second-order valence-electron chi connectivity index (χ2n) is 6.88. The van der Waals surface area contributed by atoms with Gasteiger partial charge in [-0.25, -0.2) is 4.98 Å². The number of thiazole rings is 1. The monoisotopic (exact) mass is 461 g/mol. The number of rotatable bonds is 7. The molecular weight excluding hydrogens is 442 g/mol. The number of nitrogens with one attached hydrogen (secondary N) is 1. The van der Waals surface area contributed by atoms with E-state index in [1.54, 1.807) is 20.3 Å². The van der Waals surface area contributed by atoms with E-state index in [4.69, 9.17) is 9.47 Å². The largest absolute Gasteiger partial charge is 0.497 e. The zero-order valence-electron chi connectivity index (χ0n) is 17.8. The second-order valence-corrected chi connectivity index (χ2v) is 7.88. The molecule has 0 spiro atoms. The van der Waals surface area contributed by atoms with E-state index in [1.165, 1.54) is 29.5 Å². The van der Waals surface area contributed by atoms with Gasteiger partial charge in [-0.3, -0.25) is 20.2 Å². The maximum absolute atomic E-state index is 12.8. The number of hydrogen-bond donors (Lipinski definition) is 1. The van der Waals surface area contributed by atoms with Crippen LogP contribution in [0.15, 0.2) is 72.8 Å². The fraction of sp³-hybridized carbons (Fsp3) is 0.0833. The normalized spacial score (nSPS) is 10.5. The first kappa shape index (κ1) is 22.0. The van der Waals surface area contributed by atoms with Crippen molar-refractivity contribution in [2.24, 2.45) is 0 Å². The molecule has 0 atom stereocenters. The molecule has 1 aromatic heterocycles. The molecule has 0 saturated heterocycles. The number of hydrogen-bond acceptors (Lipinski definition) is 7. The Morgan fingerprint density at radius 2 is 1.48 bits per heavy atom. The zero-order chi connectivity index (χ0) is 23.4. The van der Waals surface area contributed by atoms with Crippen LogP contribution in [-0.4, -0.2) is 30.0 Å². The van der Waals surface area contributed by atoms with Crippen molar-refractivity contribution in [2.45, 2.75) is 0 Å². The summed E-state index contributed by atoms with van der Waals surface area (Å²) < 4.78 is 10.5. The third-order valence-corrected chi connectivity index (χ3v) is 5.93. The zero-order valence-corrected chi connectivity index (χ0v) is 18.6. The van der Waals surface area contributed by atoms with Gasteiger partial charge in [-0.1, -0.05) is 23.5 Å². The number of nitro groups is 1. The van der Waals surface area contributed by atoms with Gasteiger partial charge in [0, 0.05) is 11.6 Å². The van der Waals surface area contributed by atoms with Gasteiger partial charge in [0.25, 0.3) is 11.6 Å². The Morgan fingerprint density at radius 1 is 0.909 bits per heavy atom. The third-order valence-electron chi connectivity index (χ3n) is 4.91. The average molecular weight is 461 g/mol. The van der Waals surface area contributed by atoms with Crippen molar-refractivity contribution in [1.29, 1.82) is 0 Å². The Hall–Kier alpha value is -4.24. The highest BCUT2D eigenvalue weighted by atomic mass is 32.1. The molecule has 0 bridgehead atoms. The molecule has 0 aliphatic heterocycles. The number of ether oxygens (including phenoxy) is 2. The Morgan fingerprint density at radius 3 is 2.06 bits per heavy atom. The van der Waals surface area contributed by atoms with Crippen molar-refractivity contribution in [3.8, 4) is 33.2 Å². The van der Waals surface area contributed by atoms with Crippen molar-refractivity contribution in [3.63, 3.8) is 0 Å². The SMILES string of the molecule is COc1ccc(-c2nc(NC(=O)c3ccccc3[N+](=O)[O-])sc2-c2ccc(OC)cc2)cc1. The Kier molecular flexibility index (Phi) is 6.32. The van der Waals surface area contributed by atoms with Crippen LogP contribution < -0.4 is 14.8 Å². The maximum atomic E-state index is 12.8. The number of nitrogens with zero attached hydrogens (tertiary/aromatic N) is 2. The molecule has 0 fully saturated rings. The number of anilines is 1. The highest BCUT2D eigenvalue weighted by Gasteiger charge is 2.22. The number of aromatic nitrogens is 1.